The fraction of sp³-hybridized carbons (Fsp3) is 0.941. The summed E-state index contributed by atoms with van der Waals surface area (Å²) in [5.41, 5.74) is 0.151. The van der Waals surface area contributed by atoms with Gasteiger partial charge in [0, 0.05) is 24.7 Å². The van der Waals surface area contributed by atoms with Gasteiger partial charge >= 0.3 is 6.03 Å². The van der Waals surface area contributed by atoms with Crippen LogP contribution in [0.15, 0.2) is 0 Å². The van der Waals surface area contributed by atoms with Crippen molar-refractivity contribution in [2.75, 3.05) is 20.1 Å². The van der Waals surface area contributed by atoms with Crippen molar-refractivity contribution in [1.29, 1.82) is 0 Å². The summed E-state index contributed by atoms with van der Waals surface area (Å²) in [4.78, 5) is 14.9. The normalized spacial score (nSPS) is 44.3. The standard InChI is InChI=1S/C17H29N3O/c1-18-11-15-3-2-4-20(15)16(21)19-17-8-12-5-13(9-17)7-14(6-12)10-17/h12-15,18H,2-11H2,1H3,(H,19,21). The SMILES string of the molecule is CNCC1CCCN1C(=O)NC12CC3CC(CC(C3)C1)C2. The molecule has 5 rings (SSSR count). The lowest BCUT2D eigenvalue weighted by Crippen LogP contribution is -2.62. The molecular weight excluding hydrogens is 262 g/mol. The van der Waals surface area contributed by atoms with Crippen LogP contribution in [0.2, 0.25) is 0 Å². The highest BCUT2D eigenvalue weighted by atomic mass is 16.2. The Hall–Kier alpha value is -0.770. The van der Waals surface area contributed by atoms with Crippen molar-refractivity contribution in [2.24, 2.45) is 17.8 Å². The molecule has 5 aliphatic rings. The van der Waals surface area contributed by atoms with Crippen LogP contribution in [0.3, 0.4) is 0 Å². The molecule has 1 unspecified atom stereocenters. The van der Waals surface area contributed by atoms with Crippen molar-refractivity contribution >= 4 is 6.03 Å². The second-order valence-corrected chi connectivity index (χ2v) is 8.18. The van der Waals surface area contributed by atoms with Crippen LogP contribution in [0, 0.1) is 17.8 Å². The number of likely N-dealkylation sites (N-methyl/N-ethyl adjacent to an activating group) is 1. The van der Waals surface area contributed by atoms with Gasteiger partial charge < -0.3 is 15.5 Å². The number of nitrogens with one attached hydrogen (secondary N) is 2. The molecule has 5 fully saturated rings. The van der Waals surface area contributed by atoms with Crippen LogP contribution in [0.1, 0.15) is 51.4 Å². The Morgan fingerprint density at radius 2 is 1.76 bits per heavy atom. The molecule has 0 aromatic heterocycles. The topological polar surface area (TPSA) is 44.4 Å². The summed E-state index contributed by atoms with van der Waals surface area (Å²) in [6.07, 6.45) is 10.3. The number of nitrogens with zero attached hydrogens (tertiary/aromatic N) is 1. The molecule has 0 aromatic rings. The van der Waals surface area contributed by atoms with E-state index in [1.54, 1.807) is 0 Å². The molecule has 1 saturated heterocycles. The maximum absolute atomic E-state index is 12.8. The van der Waals surface area contributed by atoms with Gasteiger partial charge in [-0.3, -0.25) is 0 Å². The van der Waals surface area contributed by atoms with Gasteiger partial charge in [0.2, 0.25) is 0 Å². The van der Waals surface area contributed by atoms with Gasteiger partial charge in [0.05, 0.1) is 0 Å². The summed E-state index contributed by atoms with van der Waals surface area (Å²) in [5, 5.41) is 6.75. The van der Waals surface area contributed by atoms with E-state index in [4.69, 9.17) is 0 Å². The highest BCUT2D eigenvalue weighted by Gasteiger charge is 2.52. The zero-order valence-electron chi connectivity index (χ0n) is 13.2. The lowest BCUT2D eigenvalue weighted by molar-refractivity contribution is -0.0158. The van der Waals surface area contributed by atoms with Crippen LogP contribution >= 0.6 is 0 Å². The largest absolute Gasteiger partial charge is 0.333 e. The summed E-state index contributed by atoms with van der Waals surface area (Å²) in [7, 11) is 1.98. The molecular formula is C17H29N3O. The molecule has 0 aromatic carbocycles. The Bertz CT molecular complexity index is 387. The molecule has 4 bridgehead atoms. The van der Waals surface area contributed by atoms with E-state index in [1.807, 2.05) is 7.05 Å². The maximum Gasteiger partial charge on any atom is 0.318 e. The second-order valence-electron chi connectivity index (χ2n) is 8.18. The van der Waals surface area contributed by atoms with Gasteiger partial charge in [-0.15, -0.1) is 0 Å². The lowest BCUT2D eigenvalue weighted by Gasteiger charge is -2.57. The number of hydrogen-bond acceptors (Lipinski definition) is 2. The first-order valence-electron chi connectivity index (χ1n) is 8.91. The molecule has 1 atom stereocenters. The Labute approximate surface area is 128 Å². The molecule has 118 valence electrons. The van der Waals surface area contributed by atoms with Gasteiger partial charge in [-0.05, 0) is 76.2 Å². The summed E-state index contributed by atoms with van der Waals surface area (Å²) >= 11 is 0. The van der Waals surface area contributed by atoms with Crippen LogP contribution in [-0.4, -0.2) is 42.6 Å². The number of amides is 2. The van der Waals surface area contributed by atoms with E-state index in [1.165, 1.54) is 38.5 Å². The Morgan fingerprint density at radius 1 is 1.14 bits per heavy atom. The highest BCUT2D eigenvalue weighted by molar-refractivity contribution is 5.76. The van der Waals surface area contributed by atoms with Gasteiger partial charge in [-0.1, -0.05) is 0 Å². The minimum absolute atomic E-state index is 0.151. The fourth-order valence-corrected chi connectivity index (χ4v) is 6.11. The fourth-order valence-electron chi connectivity index (χ4n) is 6.11. The second kappa shape index (κ2) is 5.15. The van der Waals surface area contributed by atoms with Crippen molar-refractivity contribution in [1.82, 2.24) is 15.5 Å². The van der Waals surface area contributed by atoms with Crippen LogP contribution in [-0.2, 0) is 0 Å². The first-order valence-corrected chi connectivity index (χ1v) is 8.91. The number of urea groups is 1. The minimum atomic E-state index is 0.151. The van der Waals surface area contributed by atoms with Crippen LogP contribution < -0.4 is 10.6 Å². The highest BCUT2D eigenvalue weighted by Crippen LogP contribution is 2.55. The molecule has 4 nitrogen and oxygen atoms in total. The minimum Gasteiger partial charge on any atom is -0.333 e. The van der Waals surface area contributed by atoms with Crippen molar-refractivity contribution in [3.05, 3.63) is 0 Å². The summed E-state index contributed by atoms with van der Waals surface area (Å²) in [6.45, 7) is 1.86. The van der Waals surface area contributed by atoms with Gasteiger partial charge in [0.15, 0.2) is 0 Å². The van der Waals surface area contributed by atoms with Crippen LogP contribution in [0.25, 0.3) is 0 Å². The number of carbonyl (C=O) groups is 1. The van der Waals surface area contributed by atoms with Crippen LogP contribution in [0.5, 0.6) is 0 Å². The van der Waals surface area contributed by atoms with Crippen molar-refractivity contribution in [3.63, 3.8) is 0 Å². The predicted molar refractivity (Wildman–Crippen MR) is 83.1 cm³/mol. The third-order valence-corrected chi connectivity index (χ3v) is 6.49. The predicted octanol–water partition coefficient (Wildman–Crippen LogP) is 2.35. The summed E-state index contributed by atoms with van der Waals surface area (Å²) < 4.78 is 0. The number of rotatable bonds is 3. The Kier molecular flexibility index (Phi) is 3.40. The molecule has 4 heteroatoms. The van der Waals surface area contributed by atoms with Gasteiger partial charge in [0.25, 0.3) is 0 Å². The van der Waals surface area contributed by atoms with E-state index in [-0.39, 0.29) is 11.6 Å². The van der Waals surface area contributed by atoms with E-state index in [2.05, 4.69) is 15.5 Å². The molecule has 1 aliphatic heterocycles. The van der Waals surface area contributed by atoms with E-state index in [0.717, 1.165) is 43.7 Å². The lowest BCUT2D eigenvalue weighted by atomic mass is 9.53. The van der Waals surface area contributed by atoms with E-state index in [9.17, 15) is 4.79 Å². The zero-order valence-corrected chi connectivity index (χ0v) is 13.2. The zero-order chi connectivity index (χ0) is 14.4. The molecule has 4 saturated carbocycles. The first kappa shape index (κ1) is 13.9. The van der Waals surface area contributed by atoms with Gasteiger partial charge in [-0.25, -0.2) is 4.79 Å². The van der Waals surface area contributed by atoms with Crippen molar-refractivity contribution in [2.45, 2.75) is 62.9 Å². The average molecular weight is 291 g/mol. The molecule has 4 aliphatic carbocycles. The molecule has 2 amide bonds. The number of hydrogen-bond donors (Lipinski definition) is 2. The monoisotopic (exact) mass is 291 g/mol. The number of likely N-dealkylation sites (tertiary alicyclic amines) is 1. The Morgan fingerprint density at radius 3 is 2.33 bits per heavy atom. The van der Waals surface area contributed by atoms with Gasteiger partial charge in [0.1, 0.15) is 0 Å². The quantitative estimate of drug-likeness (QED) is 0.838. The molecule has 21 heavy (non-hydrogen) atoms. The summed E-state index contributed by atoms with van der Waals surface area (Å²) in [6, 6.07) is 0.610. The van der Waals surface area contributed by atoms with Gasteiger partial charge in [-0.2, -0.15) is 0 Å². The summed E-state index contributed by atoms with van der Waals surface area (Å²) in [5.74, 6) is 2.68. The van der Waals surface area contributed by atoms with E-state index >= 15 is 0 Å². The third kappa shape index (κ3) is 2.45. The maximum atomic E-state index is 12.8. The molecule has 2 N–H and O–H groups in total. The van der Waals surface area contributed by atoms with Crippen molar-refractivity contribution in [3.8, 4) is 0 Å². The van der Waals surface area contributed by atoms with Crippen molar-refractivity contribution < 1.29 is 4.79 Å². The smallest absolute Gasteiger partial charge is 0.318 e. The molecule has 0 radical (unpaired) electrons. The van der Waals surface area contributed by atoms with E-state index in [0.29, 0.717) is 6.04 Å². The number of carbonyl (C=O) groups excluding carboxylic acids is 1. The van der Waals surface area contributed by atoms with Crippen LogP contribution in [0.4, 0.5) is 4.79 Å². The molecule has 0 spiro atoms. The van der Waals surface area contributed by atoms with E-state index < -0.39 is 0 Å². The molecule has 1 heterocycles. The third-order valence-electron chi connectivity index (χ3n) is 6.49. The average Bonchev–Trinajstić information content (AvgIpc) is 2.85. The Balaban J connectivity index is 1.44. The first-order chi connectivity index (χ1) is 10.2.